The molecule has 0 spiro atoms. The molecule has 0 aromatic heterocycles. The van der Waals surface area contributed by atoms with E-state index in [-0.39, 0.29) is 5.54 Å². The number of ether oxygens (including phenoxy) is 1. The molecule has 2 nitrogen and oxygen atoms in total. The largest absolute Gasteiger partial charge is 0.377 e. The van der Waals surface area contributed by atoms with Crippen LogP contribution in [0.4, 0.5) is 5.69 Å². The van der Waals surface area contributed by atoms with E-state index in [1.54, 1.807) is 0 Å². The van der Waals surface area contributed by atoms with Gasteiger partial charge in [0.05, 0.1) is 18.8 Å². The number of hydrogen-bond acceptors (Lipinski definition) is 2. The van der Waals surface area contributed by atoms with Crippen LogP contribution in [0.2, 0.25) is 0 Å². The molecule has 1 aromatic rings. The third-order valence-corrected chi connectivity index (χ3v) is 2.71. The summed E-state index contributed by atoms with van der Waals surface area (Å²) in [5, 5.41) is 0. The quantitative estimate of drug-likeness (QED) is 0.675. The average Bonchev–Trinajstić information content (AvgIpc) is 2.18. The maximum absolute atomic E-state index is 5.49. The molecule has 0 saturated carbocycles. The minimum Gasteiger partial charge on any atom is -0.377 e. The van der Waals surface area contributed by atoms with E-state index in [9.17, 15) is 0 Å². The number of benzene rings is 1. The van der Waals surface area contributed by atoms with Gasteiger partial charge < -0.3 is 9.64 Å². The standard InChI is InChI=1S/C12H17NO/c1-12(2)10-14-9-8-13(12)11-6-4-3-5-7-11/h3-7H,8-10H2,1-2H3. The van der Waals surface area contributed by atoms with E-state index in [1.165, 1.54) is 5.69 Å². The van der Waals surface area contributed by atoms with Gasteiger partial charge >= 0.3 is 0 Å². The Morgan fingerprint density at radius 3 is 2.57 bits per heavy atom. The molecule has 2 heteroatoms. The molecule has 76 valence electrons. The van der Waals surface area contributed by atoms with E-state index in [2.05, 4.69) is 49.1 Å². The van der Waals surface area contributed by atoms with Crippen molar-refractivity contribution in [2.24, 2.45) is 0 Å². The normalized spacial score (nSPS) is 20.9. The highest BCUT2D eigenvalue weighted by molar-refractivity contribution is 5.48. The zero-order chi connectivity index (χ0) is 10.0. The highest BCUT2D eigenvalue weighted by Crippen LogP contribution is 2.26. The summed E-state index contributed by atoms with van der Waals surface area (Å²) in [6.07, 6.45) is 0. The minimum atomic E-state index is 0.111. The summed E-state index contributed by atoms with van der Waals surface area (Å²) >= 11 is 0. The number of hydrogen-bond donors (Lipinski definition) is 0. The summed E-state index contributed by atoms with van der Waals surface area (Å²) in [6, 6.07) is 10.5. The third kappa shape index (κ3) is 1.75. The minimum absolute atomic E-state index is 0.111. The van der Waals surface area contributed by atoms with Crippen molar-refractivity contribution in [2.45, 2.75) is 19.4 Å². The summed E-state index contributed by atoms with van der Waals surface area (Å²) < 4.78 is 5.49. The Bertz CT molecular complexity index is 294. The lowest BCUT2D eigenvalue weighted by Crippen LogP contribution is -2.53. The van der Waals surface area contributed by atoms with Crippen molar-refractivity contribution in [1.82, 2.24) is 0 Å². The zero-order valence-electron chi connectivity index (χ0n) is 8.86. The van der Waals surface area contributed by atoms with Crippen LogP contribution in [0.1, 0.15) is 13.8 Å². The lowest BCUT2D eigenvalue weighted by molar-refractivity contribution is 0.0644. The van der Waals surface area contributed by atoms with Crippen LogP contribution >= 0.6 is 0 Å². The fraction of sp³-hybridized carbons (Fsp3) is 0.500. The smallest absolute Gasteiger partial charge is 0.0694 e. The van der Waals surface area contributed by atoms with Crippen molar-refractivity contribution in [2.75, 3.05) is 24.7 Å². The molecule has 1 heterocycles. The molecular weight excluding hydrogens is 174 g/mol. The van der Waals surface area contributed by atoms with Crippen LogP contribution < -0.4 is 4.90 Å². The van der Waals surface area contributed by atoms with Gasteiger partial charge in [0, 0.05) is 12.2 Å². The maximum atomic E-state index is 5.49. The number of nitrogens with zero attached hydrogens (tertiary/aromatic N) is 1. The molecule has 1 aliphatic rings. The molecule has 1 aliphatic heterocycles. The molecule has 14 heavy (non-hydrogen) atoms. The second kappa shape index (κ2) is 3.62. The van der Waals surface area contributed by atoms with Crippen molar-refractivity contribution in [1.29, 1.82) is 0 Å². The van der Waals surface area contributed by atoms with Crippen LogP contribution in [-0.2, 0) is 4.74 Å². The van der Waals surface area contributed by atoms with Gasteiger partial charge in [0.2, 0.25) is 0 Å². The van der Waals surface area contributed by atoms with Gasteiger partial charge in [0.15, 0.2) is 0 Å². The summed E-state index contributed by atoms with van der Waals surface area (Å²) in [7, 11) is 0. The fourth-order valence-electron chi connectivity index (χ4n) is 1.94. The summed E-state index contributed by atoms with van der Waals surface area (Å²) in [5.74, 6) is 0. The molecule has 1 fully saturated rings. The van der Waals surface area contributed by atoms with E-state index >= 15 is 0 Å². The monoisotopic (exact) mass is 191 g/mol. The maximum Gasteiger partial charge on any atom is 0.0694 e. The van der Waals surface area contributed by atoms with Crippen LogP contribution in [0, 0.1) is 0 Å². The van der Waals surface area contributed by atoms with Crippen LogP contribution in [0.3, 0.4) is 0 Å². The van der Waals surface area contributed by atoms with Gasteiger partial charge in [-0.3, -0.25) is 0 Å². The summed E-state index contributed by atoms with van der Waals surface area (Å²) in [4.78, 5) is 2.41. The first-order chi connectivity index (χ1) is 6.70. The Kier molecular flexibility index (Phi) is 2.46. The Morgan fingerprint density at radius 2 is 1.93 bits per heavy atom. The van der Waals surface area contributed by atoms with Crippen LogP contribution in [-0.4, -0.2) is 25.3 Å². The molecular formula is C12H17NO. The lowest BCUT2D eigenvalue weighted by Gasteiger charge is -2.43. The van der Waals surface area contributed by atoms with E-state index < -0.39 is 0 Å². The Hall–Kier alpha value is -1.02. The molecule has 0 atom stereocenters. The summed E-state index contributed by atoms with van der Waals surface area (Å²) in [5.41, 5.74) is 1.40. The van der Waals surface area contributed by atoms with Gasteiger partial charge in [0.1, 0.15) is 0 Å². The number of para-hydroxylation sites is 1. The first-order valence-corrected chi connectivity index (χ1v) is 5.11. The Labute approximate surface area is 85.5 Å². The van der Waals surface area contributed by atoms with Crippen molar-refractivity contribution >= 4 is 5.69 Å². The van der Waals surface area contributed by atoms with Gasteiger partial charge in [0.25, 0.3) is 0 Å². The second-order valence-electron chi connectivity index (χ2n) is 4.35. The molecule has 0 aliphatic carbocycles. The van der Waals surface area contributed by atoms with E-state index in [1.807, 2.05) is 0 Å². The summed E-state index contributed by atoms with van der Waals surface area (Å²) in [6.45, 7) is 7.07. The lowest BCUT2D eigenvalue weighted by atomic mass is 10.0. The molecule has 0 amide bonds. The van der Waals surface area contributed by atoms with Gasteiger partial charge in [-0.2, -0.15) is 0 Å². The number of morpholine rings is 1. The van der Waals surface area contributed by atoms with Gasteiger partial charge in [-0.1, -0.05) is 18.2 Å². The second-order valence-corrected chi connectivity index (χ2v) is 4.35. The Balaban J connectivity index is 2.24. The van der Waals surface area contributed by atoms with Crippen molar-refractivity contribution in [3.8, 4) is 0 Å². The van der Waals surface area contributed by atoms with Crippen molar-refractivity contribution in [3.63, 3.8) is 0 Å². The highest BCUT2D eigenvalue weighted by Gasteiger charge is 2.30. The SMILES string of the molecule is CC1(C)COCCN1c1ccccc1. The van der Waals surface area contributed by atoms with E-state index in [0.717, 1.165) is 19.8 Å². The number of rotatable bonds is 1. The molecule has 1 aromatic carbocycles. The molecule has 0 unspecified atom stereocenters. The van der Waals surface area contributed by atoms with Crippen molar-refractivity contribution in [3.05, 3.63) is 30.3 Å². The molecule has 0 N–H and O–H groups in total. The van der Waals surface area contributed by atoms with E-state index in [4.69, 9.17) is 4.74 Å². The van der Waals surface area contributed by atoms with E-state index in [0.29, 0.717) is 0 Å². The predicted molar refractivity (Wildman–Crippen MR) is 58.7 cm³/mol. The van der Waals surface area contributed by atoms with Gasteiger partial charge in [-0.05, 0) is 26.0 Å². The van der Waals surface area contributed by atoms with Crippen LogP contribution in [0.15, 0.2) is 30.3 Å². The predicted octanol–water partition coefficient (Wildman–Crippen LogP) is 2.30. The fourth-order valence-corrected chi connectivity index (χ4v) is 1.94. The molecule has 2 rings (SSSR count). The first-order valence-electron chi connectivity index (χ1n) is 5.11. The first kappa shape index (κ1) is 9.53. The van der Waals surface area contributed by atoms with Crippen LogP contribution in [0.5, 0.6) is 0 Å². The number of anilines is 1. The topological polar surface area (TPSA) is 12.5 Å². The molecule has 0 bridgehead atoms. The van der Waals surface area contributed by atoms with Crippen LogP contribution in [0.25, 0.3) is 0 Å². The van der Waals surface area contributed by atoms with Gasteiger partial charge in [-0.15, -0.1) is 0 Å². The Morgan fingerprint density at radius 1 is 1.21 bits per heavy atom. The van der Waals surface area contributed by atoms with Gasteiger partial charge in [-0.25, -0.2) is 0 Å². The molecule has 1 saturated heterocycles. The molecule has 0 radical (unpaired) electrons. The zero-order valence-corrected chi connectivity index (χ0v) is 8.86. The highest BCUT2D eigenvalue weighted by atomic mass is 16.5. The average molecular weight is 191 g/mol. The van der Waals surface area contributed by atoms with Crippen molar-refractivity contribution < 1.29 is 4.74 Å². The third-order valence-electron chi connectivity index (χ3n) is 2.71.